The molecule has 5 rings (SSSR count). The Kier molecular flexibility index (Phi) is 13.5. The van der Waals surface area contributed by atoms with Crippen LogP contribution in [0.25, 0.3) is 21.2 Å². The molecule has 0 spiro atoms. The second kappa shape index (κ2) is 17.8. The zero-order valence-electron chi connectivity index (χ0n) is 34.0. The molecule has 3 aromatic rings. The van der Waals surface area contributed by atoms with Crippen molar-refractivity contribution in [1.82, 2.24) is 25.2 Å². The molecule has 14 nitrogen and oxygen atoms in total. The van der Waals surface area contributed by atoms with E-state index in [2.05, 4.69) is 26.9 Å². The van der Waals surface area contributed by atoms with Crippen LogP contribution in [0.15, 0.2) is 72.3 Å². The predicted molar refractivity (Wildman–Crippen MR) is 222 cm³/mol. The Morgan fingerprint density at radius 1 is 1.09 bits per heavy atom. The number of nitrogens with one attached hydrogen (secondary N) is 3. The standard InChI is InChI=1S/C42H53N5O9S2/c1-9-26(4)42(8,39(51)46-58(53,54)31-15-16-31)45-36(49)34-23-30(55-37-32-22-28(35-11-10-20-57-35)13-12-27(32)18-19-43-37)24-47(34)38(50)33(17-14-29(48)21-25(2)3)44-40(52)56-41(5,6)7/h9-13,18-22,26,30-31,33-34H,1,14-17,23-24H2,2-8H3,(H,44,52)(H,45,49)(H,46,51)/t26?,30-,33+,34+,42-/m1/s1. The minimum absolute atomic E-state index is 0.0589. The molecule has 0 radical (unpaired) electrons. The molecule has 1 saturated heterocycles. The van der Waals surface area contributed by atoms with Crippen LogP contribution in [-0.2, 0) is 33.9 Å². The lowest BCUT2D eigenvalue weighted by molar-refractivity contribution is -0.142. The summed E-state index contributed by atoms with van der Waals surface area (Å²) in [5.41, 5.74) is -0.995. The summed E-state index contributed by atoms with van der Waals surface area (Å²) in [7, 11) is -3.99. The number of hydrogen-bond acceptors (Lipinski definition) is 11. The molecule has 1 aromatic carbocycles. The molecule has 0 bridgehead atoms. The van der Waals surface area contributed by atoms with Crippen molar-refractivity contribution in [2.75, 3.05) is 6.54 Å². The van der Waals surface area contributed by atoms with Crippen LogP contribution in [-0.4, -0.2) is 89.0 Å². The Labute approximate surface area is 343 Å². The number of ketones is 1. The molecule has 3 N–H and O–H groups in total. The fraction of sp³-hybridized carbons (Fsp3) is 0.476. The van der Waals surface area contributed by atoms with E-state index in [1.165, 1.54) is 24.0 Å². The number of allylic oxidation sites excluding steroid dienone is 2. The van der Waals surface area contributed by atoms with E-state index in [1.54, 1.807) is 59.1 Å². The van der Waals surface area contributed by atoms with Crippen LogP contribution < -0.4 is 20.1 Å². The molecular weight excluding hydrogens is 783 g/mol. The highest BCUT2D eigenvalue weighted by molar-refractivity contribution is 7.91. The third kappa shape index (κ3) is 10.9. The van der Waals surface area contributed by atoms with Crippen LogP contribution in [0.3, 0.4) is 0 Å². The molecule has 2 fully saturated rings. The van der Waals surface area contributed by atoms with Gasteiger partial charge in [0.2, 0.25) is 27.7 Å². The Morgan fingerprint density at radius 2 is 1.81 bits per heavy atom. The number of nitrogens with zero attached hydrogens (tertiary/aromatic N) is 2. The topological polar surface area (TPSA) is 190 Å². The molecular formula is C42H53N5O9S2. The van der Waals surface area contributed by atoms with Gasteiger partial charge < -0.3 is 25.0 Å². The summed E-state index contributed by atoms with van der Waals surface area (Å²) in [5, 5.41) is 8.21. The van der Waals surface area contributed by atoms with Crippen molar-refractivity contribution in [3.05, 3.63) is 72.3 Å². The lowest BCUT2D eigenvalue weighted by Gasteiger charge is -2.36. The molecule has 1 aliphatic carbocycles. The van der Waals surface area contributed by atoms with Crippen LogP contribution in [0, 0.1) is 5.92 Å². The molecule has 1 saturated carbocycles. The maximum Gasteiger partial charge on any atom is 0.408 e. The second-order valence-electron chi connectivity index (χ2n) is 16.3. The smallest absolute Gasteiger partial charge is 0.408 e. The summed E-state index contributed by atoms with van der Waals surface area (Å²) >= 11 is 1.58. The van der Waals surface area contributed by atoms with E-state index >= 15 is 0 Å². The zero-order chi connectivity index (χ0) is 42.6. The van der Waals surface area contributed by atoms with Crippen LogP contribution in [0.5, 0.6) is 5.88 Å². The average molecular weight is 836 g/mol. The summed E-state index contributed by atoms with van der Waals surface area (Å²) in [4.78, 5) is 75.6. The van der Waals surface area contributed by atoms with Crippen LogP contribution in [0.4, 0.5) is 4.79 Å². The number of amides is 4. The molecule has 312 valence electrons. The average Bonchev–Trinajstić information content (AvgIpc) is 3.71. The van der Waals surface area contributed by atoms with E-state index in [-0.39, 0.29) is 37.5 Å². The highest BCUT2D eigenvalue weighted by Gasteiger charge is 2.49. The van der Waals surface area contributed by atoms with Crippen molar-refractivity contribution >= 4 is 61.7 Å². The number of hydrogen-bond donors (Lipinski definition) is 3. The van der Waals surface area contributed by atoms with Gasteiger partial charge in [-0.05, 0) is 101 Å². The van der Waals surface area contributed by atoms with Gasteiger partial charge in [-0.1, -0.05) is 36.8 Å². The normalized spacial score (nSPS) is 18.9. The van der Waals surface area contributed by atoms with E-state index in [9.17, 15) is 32.4 Å². The van der Waals surface area contributed by atoms with Crippen molar-refractivity contribution in [3.63, 3.8) is 0 Å². The number of benzene rings is 1. The molecule has 1 unspecified atom stereocenters. The first-order valence-corrected chi connectivity index (χ1v) is 21.7. The number of alkyl carbamates (subject to hydrolysis) is 1. The van der Waals surface area contributed by atoms with E-state index in [0.717, 1.165) is 21.4 Å². The maximum atomic E-state index is 14.6. The minimum Gasteiger partial charge on any atom is -0.472 e. The van der Waals surface area contributed by atoms with Crippen molar-refractivity contribution in [2.45, 2.75) is 115 Å². The first-order valence-electron chi connectivity index (χ1n) is 19.3. The lowest BCUT2D eigenvalue weighted by Crippen LogP contribution is -2.64. The molecule has 4 amide bonds. The van der Waals surface area contributed by atoms with Gasteiger partial charge in [-0.3, -0.25) is 23.9 Å². The van der Waals surface area contributed by atoms with E-state index in [4.69, 9.17) is 9.47 Å². The Bertz CT molecular complexity index is 2190. The van der Waals surface area contributed by atoms with Gasteiger partial charge in [0.05, 0.1) is 11.8 Å². The van der Waals surface area contributed by atoms with Crippen molar-refractivity contribution in [2.24, 2.45) is 5.92 Å². The SMILES string of the molecule is C=CC(C)[C@@](C)(NC(=O)[C@@H]1C[C@@H](Oc2nccc3ccc(-c4cccs4)cc23)CN1C(=O)[C@H](CCC(=O)C=C(C)C)NC(=O)OC(C)(C)C)C(=O)NS(=O)(=O)C1CC1. The third-order valence-corrected chi connectivity index (χ3v) is 12.8. The number of fused-ring (bicyclic) bond motifs is 1. The minimum atomic E-state index is -3.99. The lowest BCUT2D eigenvalue weighted by atomic mass is 9.85. The zero-order valence-corrected chi connectivity index (χ0v) is 35.6. The first-order chi connectivity index (χ1) is 27.2. The monoisotopic (exact) mass is 835 g/mol. The summed E-state index contributed by atoms with van der Waals surface area (Å²) in [5.74, 6) is -3.15. The third-order valence-electron chi connectivity index (χ3n) is 10.1. The molecule has 2 aliphatic rings. The van der Waals surface area contributed by atoms with Gasteiger partial charge in [-0.15, -0.1) is 17.9 Å². The molecule has 5 atom stereocenters. The van der Waals surface area contributed by atoms with Crippen molar-refractivity contribution < 1.29 is 41.9 Å². The predicted octanol–water partition coefficient (Wildman–Crippen LogP) is 5.83. The van der Waals surface area contributed by atoms with Crippen LogP contribution in [0.2, 0.25) is 0 Å². The van der Waals surface area contributed by atoms with Gasteiger partial charge >= 0.3 is 6.09 Å². The van der Waals surface area contributed by atoms with Crippen LogP contribution >= 0.6 is 11.3 Å². The number of thiophene rings is 1. The van der Waals surface area contributed by atoms with Crippen molar-refractivity contribution in [1.29, 1.82) is 0 Å². The number of rotatable bonds is 16. The maximum absolute atomic E-state index is 14.6. The Hall–Kier alpha value is -5.09. The summed E-state index contributed by atoms with van der Waals surface area (Å²) in [6.07, 6.45) is 3.35. The Balaban J connectivity index is 1.50. The number of likely N-dealkylation sites (tertiary alicyclic amines) is 1. The van der Waals surface area contributed by atoms with Crippen LogP contribution in [0.1, 0.15) is 80.6 Å². The summed E-state index contributed by atoms with van der Waals surface area (Å²) in [6.45, 7) is 15.2. The quantitative estimate of drug-likeness (QED) is 0.117. The molecule has 2 aromatic heterocycles. The van der Waals surface area contributed by atoms with E-state index in [0.29, 0.717) is 18.2 Å². The largest absolute Gasteiger partial charge is 0.472 e. The number of carbonyl (C=O) groups is 5. The van der Waals surface area contributed by atoms with Gasteiger partial charge in [0.15, 0.2) is 5.78 Å². The summed E-state index contributed by atoms with van der Waals surface area (Å²) < 4.78 is 39.8. The number of pyridine rings is 1. The highest BCUT2D eigenvalue weighted by Crippen LogP contribution is 2.34. The van der Waals surface area contributed by atoms with Gasteiger partial charge in [-0.2, -0.15) is 0 Å². The fourth-order valence-corrected chi connectivity index (χ4v) is 8.72. The number of aromatic nitrogens is 1. The molecule has 16 heteroatoms. The van der Waals surface area contributed by atoms with E-state index < -0.39 is 74.3 Å². The molecule has 1 aliphatic heterocycles. The van der Waals surface area contributed by atoms with Crippen molar-refractivity contribution in [3.8, 4) is 16.3 Å². The second-order valence-corrected chi connectivity index (χ2v) is 19.2. The Morgan fingerprint density at radius 3 is 2.43 bits per heavy atom. The molecule has 58 heavy (non-hydrogen) atoms. The summed E-state index contributed by atoms with van der Waals surface area (Å²) in [6, 6.07) is 9.17. The fourth-order valence-electron chi connectivity index (χ4n) is 6.60. The van der Waals surface area contributed by atoms with Gasteiger partial charge in [-0.25, -0.2) is 18.2 Å². The first kappa shape index (κ1) is 44.0. The van der Waals surface area contributed by atoms with Gasteiger partial charge in [0.1, 0.15) is 29.3 Å². The van der Waals surface area contributed by atoms with E-state index in [1.807, 2.05) is 41.8 Å². The highest BCUT2D eigenvalue weighted by atomic mass is 32.2. The number of carbonyl (C=O) groups excluding carboxylic acids is 5. The van der Waals surface area contributed by atoms with Gasteiger partial charge in [0, 0.05) is 35.2 Å². The van der Waals surface area contributed by atoms with Gasteiger partial charge in [0.25, 0.3) is 5.91 Å². The number of ether oxygens (including phenoxy) is 2. The molecule has 3 heterocycles. The number of sulfonamides is 1.